The number of hydrogen-bond donors (Lipinski definition) is 1. The Morgan fingerprint density at radius 1 is 1.20 bits per heavy atom. The Labute approximate surface area is 121 Å². The highest BCUT2D eigenvalue weighted by Crippen LogP contribution is 2.34. The number of carboxylic acids is 1. The molecule has 7 heteroatoms. The summed E-state index contributed by atoms with van der Waals surface area (Å²) in [6.07, 6.45) is 0. The van der Waals surface area contributed by atoms with Crippen LogP contribution in [0.25, 0.3) is 0 Å². The molecule has 0 saturated heterocycles. The Balaban J connectivity index is 2.46. The van der Waals surface area contributed by atoms with E-state index in [4.69, 9.17) is 9.84 Å². The van der Waals surface area contributed by atoms with Crippen LogP contribution in [0.2, 0.25) is 0 Å². The molecule has 6 nitrogen and oxygen atoms in total. The first kappa shape index (κ1) is 14.0. The molecule has 20 heavy (non-hydrogen) atoms. The fourth-order valence-electron chi connectivity index (χ4n) is 1.60. The Morgan fingerprint density at radius 3 is 2.40 bits per heavy atom. The normalized spacial score (nSPS) is 10.1. The Morgan fingerprint density at radius 2 is 1.85 bits per heavy atom. The quantitative estimate of drug-likeness (QED) is 0.676. The van der Waals surface area contributed by atoms with E-state index in [9.17, 15) is 14.9 Å². The first-order valence-corrected chi connectivity index (χ1v) is 6.22. The van der Waals surface area contributed by atoms with E-state index in [0.29, 0.717) is 5.75 Å². The molecular formula is C13H8BrNO5. The number of halogens is 1. The van der Waals surface area contributed by atoms with Crippen molar-refractivity contribution < 1.29 is 19.6 Å². The second-order valence-corrected chi connectivity index (χ2v) is 4.69. The summed E-state index contributed by atoms with van der Waals surface area (Å²) < 4.78 is 6.22. The lowest BCUT2D eigenvalue weighted by atomic mass is 10.1. The number of carboxylic acid groups (broad SMARTS) is 1. The zero-order valence-corrected chi connectivity index (χ0v) is 11.5. The average Bonchev–Trinajstić information content (AvgIpc) is 2.40. The molecule has 0 unspecified atom stereocenters. The number of nitrogens with zero attached hydrogens (tertiary/aromatic N) is 1. The lowest BCUT2D eigenvalue weighted by Gasteiger charge is -2.07. The third-order valence-corrected chi connectivity index (χ3v) is 2.98. The number of hydrogen-bond acceptors (Lipinski definition) is 4. The van der Waals surface area contributed by atoms with Crippen molar-refractivity contribution >= 4 is 27.6 Å². The molecule has 0 aromatic heterocycles. The number of nitro groups is 1. The summed E-state index contributed by atoms with van der Waals surface area (Å²) in [6, 6.07) is 10.6. The molecule has 0 spiro atoms. The van der Waals surface area contributed by atoms with Crippen LogP contribution in [0.4, 0.5) is 5.69 Å². The number of nitro benzene ring substituents is 1. The number of rotatable bonds is 4. The summed E-state index contributed by atoms with van der Waals surface area (Å²) in [5.41, 5.74) is -0.979. The third-order valence-electron chi connectivity index (χ3n) is 2.45. The van der Waals surface area contributed by atoms with Gasteiger partial charge >= 0.3 is 11.7 Å². The number of ether oxygens (including phenoxy) is 1. The zero-order chi connectivity index (χ0) is 14.7. The maximum atomic E-state index is 11.0. The van der Waals surface area contributed by atoms with Crippen molar-refractivity contribution in [3.63, 3.8) is 0 Å². The van der Waals surface area contributed by atoms with Crippen molar-refractivity contribution in [2.75, 3.05) is 0 Å². The number of aromatic carboxylic acids is 1. The van der Waals surface area contributed by atoms with Crippen LogP contribution in [0.3, 0.4) is 0 Å². The van der Waals surface area contributed by atoms with Gasteiger partial charge in [-0.05, 0) is 36.4 Å². The second-order valence-electron chi connectivity index (χ2n) is 3.77. The predicted octanol–water partition coefficient (Wildman–Crippen LogP) is 3.85. The smallest absolute Gasteiger partial charge is 0.342 e. The van der Waals surface area contributed by atoms with Gasteiger partial charge in [0.2, 0.25) is 5.75 Å². The SMILES string of the molecule is O=C(O)c1cccc(Oc2ccc(Br)cc2)c1[N+](=O)[O-]. The zero-order valence-electron chi connectivity index (χ0n) is 9.95. The Kier molecular flexibility index (Phi) is 3.99. The van der Waals surface area contributed by atoms with Gasteiger partial charge in [-0.25, -0.2) is 4.79 Å². The van der Waals surface area contributed by atoms with Crippen LogP contribution in [-0.2, 0) is 0 Å². The van der Waals surface area contributed by atoms with E-state index < -0.39 is 22.1 Å². The van der Waals surface area contributed by atoms with Gasteiger partial charge in [0, 0.05) is 4.47 Å². The van der Waals surface area contributed by atoms with Crippen molar-refractivity contribution in [3.05, 3.63) is 62.6 Å². The largest absolute Gasteiger partial charge is 0.477 e. The Bertz CT molecular complexity index is 669. The van der Waals surface area contributed by atoms with Gasteiger partial charge in [0.1, 0.15) is 11.3 Å². The van der Waals surface area contributed by atoms with Crippen LogP contribution < -0.4 is 4.74 Å². The highest BCUT2D eigenvalue weighted by atomic mass is 79.9. The molecule has 102 valence electrons. The molecule has 2 aromatic carbocycles. The van der Waals surface area contributed by atoms with E-state index >= 15 is 0 Å². The minimum absolute atomic E-state index is 0.114. The van der Waals surface area contributed by atoms with E-state index in [1.807, 2.05) is 0 Å². The lowest BCUT2D eigenvalue weighted by molar-refractivity contribution is -0.386. The molecule has 0 fully saturated rings. The van der Waals surface area contributed by atoms with E-state index in [1.54, 1.807) is 24.3 Å². The monoisotopic (exact) mass is 337 g/mol. The van der Waals surface area contributed by atoms with Gasteiger partial charge in [0.15, 0.2) is 0 Å². The van der Waals surface area contributed by atoms with Crippen LogP contribution in [0.5, 0.6) is 11.5 Å². The van der Waals surface area contributed by atoms with Gasteiger partial charge in [-0.2, -0.15) is 0 Å². The fourth-order valence-corrected chi connectivity index (χ4v) is 1.86. The standard InChI is InChI=1S/C13H8BrNO5/c14-8-4-6-9(7-5-8)20-11-3-1-2-10(13(16)17)12(11)15(18)19/h1-7H,(H,16,17). The van der Waals surface area contributed by atoms with Gasteiger partial charge in [-0.15, -0.1) is 0 Å². The van der Waals surface area contributed by atoms with Gasteiger partial charge in [0.05, 0.1) is 4.92 Å². The minimum Gasteiger partial charge on any atom is -0.477 e. The Hall–Kier alpha value is -2.41. The van der Waals surface area contributed by atoms with Gasteiger partial charge < -0.3 is 9.84 Å². The van der Waals surface area contributed by atoms with Crippen molar-refractivity contribution in [1.82, 2.24) is 0 Å². The molecule has 0 amide bonds. The van der Waals surface area contributed by atoms with Gasteiger partial charge in [0.25, 0.3) is 0 Å². The average molecular weight is 338 g/mol. The van der Waals surface area contributed by atoms with Gasteiger partial charge in [-0.1, -0.05) is 22.0 Å². The molecule has 0 atom stereocenters. The molecule has 0 aliphatic heterocycles. The molecular weight excluding hydrogens is 330 g/mol. The van der Waals surface area contributed by atoms with E-state index in [2.05, 4.69) is 15.9 Å². The number of para-hydroxylation sites is 1. The van der Waals surface area contributed by atoms with E-state index in [-0.39, 0.29) is 5.75 Å². The molecule has 0 saturated carbocycles. The van der Waals surface area contributed by atoms with E-state index in [1.165, 1.54) is 12.1 Å². The highest BCUT2D eigenvalue weighted by molar-refractivity contribution is 9.10. The van der Waals surface area contributed by atoms with Crippen molar-refractivity contribution in [1.29, 1.82) is 0 Å². The first-order valence-electron chi connectivity index (χ1n) is 5.43. The fraction of sp³-hybridized carbons (Fsp3) is 0. The van der Waals surface area contributed by atoms with Crippen LogP contribution in [0.1, 0.15) is 10.4 Å². The molecule has 1 N–H and O–H groups in total. The second kappa shape index (κ2) is 5.70. The molecule has 0 aliphatic rings. The molecule has 0 bridgehead atoms. The lowest BCUT2D eigenvalue weighted by Crippen LogP contribution is -2.04. The minimum atomic E-state index is -1.38. The summed E-state index contributed by atoms with van der Waals surface area (Å²) in [6.45, 7) is 0. The number of carbonyl (C=O) groups is 1. The molecule has 0 radical (unpaired) electrons. The number of benzene rings is 2. The molecule has 2 aromatic rings. The van der Waals surface area contributed by atoms with Crippen molar-refractivity contribution in [3.8, 4) is 11.5 Å². The molecule has 0 heterocycles. The van der Waals surface area contributed by atoms with Crippen LogP contribution in [0, 0.1) is 10.1 Å². The molecule has 2 rings (SSSR count). The third kappa shape index (κ3) is 2.94. The first-order chi connectivity index (χ1) is 9.49. The topological polar surface area (TPSA) is 89.7 Å². The maximum absolute atomic E-state index is 11.0. The summed E-state index contributed by atoms with van der Waals surface area (Å²) in [5.74, 6) is -1.12. The van der Waals surface area contributed by atoms with Crippen molar-refractivity contribution in [2.24, 2.45) is 0 Å². The summed E-state index contributed by atoms with van der Waals surface area (Å²) >= 11 is 3.26. The van der Waals surface area contributed by atoms with E-state index in [0.717, 1.165) is 10.5 Å². The van der Waals surface area contributed by atoms with Crippen LogP contribution >= 0.6 is 15.9 Å². The predicted molar refractivity (Wildman–Crippen MR) is 74.3 cm³/mol. The van der Waals surface area contributed by atoms with Gasteiger partial charge in [-0.3, -0.25) is 10.1 Å². The summed E-state index contributed by atoms with van der Waals surface area (Å²) in [7, 11) is 0. The van der Waals surface area contributed by atoms with Crippen LogP contribution in [-0.4, -0.2) is 16.0 Å². The maximum Gasteiger partial charge on any atom is 0.342 e. The molecule has 0 aliphatic carbocycles. The van der Waals surface area contributed by atoms with Crippen molar-refractivity contribution in [2.45, 2.75) is 0 Å². The van der Waals surface area contributed by atoms with Crippen LogP contribution in [0.15, 0.2) is 46.9 Å². The summed E-state index contributed by atoms with van der Waals surface area (Å²) in [5, 5.41) is 20.0. The summed E-state index contributed by atoms with van der Waals surface area (Å²) in [4.78, 5) is 21.3. The highest BCUT2D eigenvalue weighted by Gasteiger charge is 2.25.